The molecular weight excluding hydrogens is 254 g/mol. The summed E-state index contributed by atoms with van der Waals surface area (Å²) in [6, 6.07) is 5.41. The summed E-state index contributed by atoms with van der Waals surface area (Å²) in [5.41, 5.74) is 5.79. The molecule has 1 aliphatic rings. The van der Waals surface area contributed by atoms with E-state index in [4.69, 9.17) is 10.8 Å². The summed E-state index contributed by atoms with van der Waals surface area (Å²) >= 11 is 0. The summed E-state index contributed by atoms with van der Waals surface area (Å²) in [6.45, 7) is 0. The number of carboxylic acids is 1. The van der Waals surface area contributed by atoms with Crippen LogP contribution < -0.4 is 5.73 Å². The fraction of sp³-hybridized carbons (Fsp3) is 0.417. The highest BCUT2D eigenvalue weighted by Gasteiger charge is 2.52. The molecule has 0 aliphatic heterocycles. The predicted molar refractivity (Wildman–Crippen MR) is 66.1 cm³/mol. The lowest BCUT2D eigenvalue weighted by molar-refractivity contribution is -0.139. The molecule has 1 fully saturated rings. The van der Waals surface area contributed by atoms with Gasteiger partial charge in [0.25, 0.3) is 0 Å². The molecule has 1 aromatic rings. The third-order valence-electron chi connectivity index (χ3n) is 3.49. The summed E-state index contributed by atoms with van der Waals surface area (Å²) in [6.07, 6.45) is 2.48. The Balaban J connectivity index is 2.44. The quantitative estimate of drug-likeness (QED) is 0.831. The third kappa shape index (κ3) is 2.13. The summed E-state index contributed by atoms with van der Waals surface area (Å²) in [4.78, 5) is 11.2. The molecule has 1 unspecified atom stereocenters. The van der Waals surface area contributed by atoms with E-state index in [1.165, 1.54) is 12.1 Å². The van der Waals surface area contributed by atoms with Crippen molar-refractivity contribution in [2.45, 2.75) is 29.2 Å². The van der Waals surface area contributed by atoms with Crippen molar-refractivity contribution < 1.29 is 18.3 Å². The van der Waals surface area contributed by atoms with Gasteiger partial charge in [0.2, 0.25) is 0 Å². The molecule has 0 radical (unpaired) electrons. The molecule has 2 rings (SSSR count). The van der Waals surface area contributed by atoms with Gasteiger partial charge in [-0.15, -0.1) is 0 Å². The molecule has 1 atom stereocenters. The Labute approximate surface area is 106 Å². The average molecular weight is 269 g/mol. The van der Waals surface area contributed by atoms with E-state index in [0.29, 0.717) is 18.4 Å². The Morgan fingerprint density at radius 2 is 2.06 bits per heavy atom. The zero-order chi connectivity index (χ0) is 13.6. The summed E-state index contributed by atoms with van der Waals surface area (Å²) in [5, 5.41) is 9.00. The smallest absolute Gasteiger partial charge is 0.321 e. The van der Waals surface area contributed by atoms with Gasteiger partial charge in [-0.25, -0.2) is 8.42 Å². The lowest BCUT2D eigenvalue weighted by Crippen LogP contribution is -2.42. The number of nitrogens with two attached hydrogens (primary N) is 1. The molecule has 5 nitrogen and oxygen atoms in total. The van der Waals surface area contributed by atoms with E-state index in [-0.39, 0.29) is 4.90 Å². The van der Waals surface area contributed by atoms with Crippen LogP contribution in [0.5, 0.6) is 0 Å². The molecule has 3 N–H and O–H groups in total. The van der Waals surface area contributed by atoms with E-state index < -0.39 is 27.3 Å². The second-order valence-corrected chi connectivity index (χ2v) is 6.79. The van der Waals surface area contributed by atoms with Crippen LogP contribution in [0.3, 0.4) is 0 Å². The Morgan fingerprint density at radius 1 is 1.44 bits per heavy atom. The molecule has 98 valence electrons. The predicted octanol–water partition coefficient (Wildman–Crippen LogP) is 0.534. The van der Waals surface area contributed by atoms with Crippen LogP contribution in [0.1, 0.15) is 18.4 Å². The van der Waals surface area contributed by atoms with Gasteiger partial charge >= 0.3 is 5.97 Å². The molecule has 1 saturated carbocycles. The number of sulfone groups is 1. The zero-order valence-corrected chi connectivity index (χ0v) is 10.8. The van der Waals surface area contributed by atoms with Crippen LogP contribution in [-0.2, 0) is 20.0 Å². The minimum atomic E-state index is -3.29. The lowest BCUT2D eigenvalue weighted by atomic mass is 9.88. The molecule has 18 heavy (non-hydrogen) atoms. The molecule has 6 heteroatoms. The van der Waals surface area contributed by atoms with Gasteiger partial charge in [-0.3, -0.25) is 4.79 Å². The van der Waals surface area contributed by atoms with E-state index in [2.05, 4.69) is 0 Å². The highest BCUT2D eigenvalue weighted by molar-refractivity contribution is 7.90. The van der Waals surface area contributed by atoms with Crippen LogP contribution in [0, 0.1) is 0 Å². The van der Waals surface area contributed by atoms with Crippen molar-refractivity contribution in [2.75, 3.05) is 6.26 Å². The lowest BCUT2D eigenvalue weighted by Gasteiger charge is -2.20. The number of aliphatic carboxylic acids is 1. The van der Waals surface area contributed by atoms with Gasteiger partial charge in [0.05, 0.1) is 4.90 Å². The van der Waals surface area contributed by atoms with Gasteiger partial charge in [-0.2, -0.15) is 0 Å². The molecule has 1 aliphatic carbocycles. The Kier molecular flexibility index (Phi) is 2.95. The van der Waals surface area contributed by atoms with Gasteiger partial charge in [0.1, 0.15) is 6.04 Å². The van der Waals surface area contributed by atoms with Gasteiger partial charge in [-0.05, 0) is 30.5 Å². The fourth-order valence-corrected chi connectivity index (χ4v) is 2.85. The summed E-state index contributed by atoms with van der Waals surface area (Å²) < 4.78 is 23.0. The van der Waals surface area contributed by atoms with Crippen molar-refractivity contribution in [3.05, 3.63) is 29.8 Å². The number of hydrogen-bond donors (Lipinski definition) is 2. The van der Waals surface area contributed by atoms with Gasteiger partial charge in [-0.1, -0.05) is 12.1 Å². The van der Waals surface area contributed by atoms with Crippen LogP contribution in [-0.4, -0.2) is 31.8 Å². The molecular formula is C12H15NO4S. The first-order valence-corrected chi connectivity index (χ1v) is 7.45. The second-order valence-electron chi connectivity index (χ2n) is 4.77. The first kappa shape index (κ1) is 13.0. The van der Waals surface area contributed by atoms with Gasteiger partial charge in [0.15, 0.2) is 9.84 Å². The van der Waals surface area contributed by atoms with Crippen LogP contribution in [0.2, 0.25) is 0 Å². The van der Waals surface area contributed by atoms with E-state index in [1.807, 2.05) is 0 Å². The van der Waals surface area contributed by atoms with Crippen molar-refractivity contribution in [3.8, 4) is 0 Å². The van der Waals surface area contributed by atoms with Gasteiger partial charge in [0, 0.05) is 11.7 Å². The number of benzene rings is 1. The molecule has 0 spiro atoms. The second kappa shape index (κ2) is 4.07. The van der Waals surface area contributed by atoms with E-state index >= 15 is 0 Å². The van der Waals surface area contributed by atoms with Crippen molar-refractivity contribution in [1.29, 1.82) is 0 Å². The van der Waals surface area contributed by atoms with E-state index in [1.54, 1.807) is 12.1 Å². The monoisotopic (exact) mass is 269 g/mol. The molecule has 0 aromatic heterocycles. The van der Waals surface area contributed by atoms with Crippen molar-refractivity contribution in [2.24, 2.45) is 5.73 Å². The Bertz CT molecular complexity index is 590. The fourth-order valence-electron chi connectivity index (χ4n) is 2.19. The van der Waals surface area contributed by atoms with Gasteiger partial charge < -0.3 is 10.8 Å². The van der Waals surface area contributed by atoms with E-state index in [0.717, 1.165) is 6.26 Å². The standard InChI is InChI=1S/C12H15NO4S/c1-18(16,17)9-4-2-3-8(7-9)12(5-6-12)10(13)11(14)15/h2-4,7,10H,5-6,13H2,1H3,(H,14,15). The largest absolute Gasteiger partial charge is 0.480 e. The van der Waals surface area contributed by atoms with Crippen LogP contribution in [0.15, 0.2) is 29.2 Å². The highest BCUT2D eigenvalue weighted by atomic mass is 32.2. The van der Waals surface area contributed by atoms with Crippen molar-refractivity contribution in [1.82, 2.24) is 0 Å². The first-order valence-electron chi connectivity index (χ1n) is 5.56. The van der Waals surface area contributed by atoms with Crippen molar-refractivity contribution in [3.63, 3.8) is 0 Å². The Morgan fingerprint density at radius 3 is 2.50 bits per heavy atom. The van der Waals surface area contributed by atoms with E-state index in [9.17, 15) is 13.2 Å². The van der Waals surface area contributed by atoms with Crippen LogP contribution in [0.25, 0.3) is 0 Å². The normalized spacial score (nSPS) is 19.2. The third-order valence-corrected chi connectivity index (χ3v) is 4.60. The molecule has 0 heterocycles. The Hall–Kier alpha value is -1.40. The van der Waals surface area contributed by atoms with Crippen molar-refractivity contribution >= 4 is 15.8 Å². The van der Waals surface area contributed by atoms with Crippen LogP contribution >= 0.6 is 0 Å². The number of carbonyl (C=O) groups is 1. The minimum Gasteiger partial charge on any atom is -0.480 e. The maximum Gasteiger partial charge on any atom is 0.321 e. The van der Waals surface area contributed by atoms with Crippen LogP contribution in [0.4, 0.5) is 0 Å². The number of hydrogen-bond acceptors (Lipinski definition) is 4. The summed E-state index contributed by atoms with van der Waals surface area (Å²) in [5.74, 6) is -1.06. The zero-order valence-electron chi connectivity index (χ0n) is 9.96. The highest BCUT2D eigenvalue weighted by Crippen LogP contribution is 2.50. The number of carboxylic acid groups (broad SMARTS) is 1. The average Bonchev–Trinajstić information content (AvgIpc) is 3.08. The summed E-state index contributed by atoms with van der Waals surface area (Å²) in [7, 11) is -3.29. The first-order chi connectivity index (χ1) is 8.27. The molecule has 1 aromatic carbocycles. The topological polar surface area (TPSA) is 97.5 Å². The number of rotatable bonds is 4. The molecule has 0 amide bonds. The maximum absolute atomic E-state index is 11.5. The maximum atomic E-state index is 11.5. The minimum absolute atomic E-state index is 0.198. The SMILES string of the molecule is CS(=O)(=O)c1cccc(C2(C(N)C(=O)O)CC2)c1. The molecule has 0 saturated heterocycles. The molecule has 0 bridgehead atoms.